The quantitative estimate of drug-likeness (QED) is 0.667. The van der Waals surface area contributed by atoms with Gasteiger partial charge in [-0.2, -0.15) is 0 Å². The SMILES string of the molecule is C=C(C)CN1CCC(Nc2ccc(S(=O)(=O)Nc3ccc(F)c(F)c3)cn2)CC1. The summed E-state index contributed by atoms with van der Waals surface area (Å²) in [5.41, 5.74) is 1.08. The molecule has 0 unspecified atom stereocenters. The first-order valence-corrected chi connectivity index (χ1v) is 10.8. The number of sulfonamides is 1. The molecule has 1 fully saturated rings. The topological polar surface area (TPSA) is 74.3 Å². The molecule has 3 rings (SSSR count). The van der Waals surface area contributed by atoms with Gasteiger partial charge in [0.1, 0.15) is 10.7 Å². The van der Waals surface area contributed by atoms with Gasteiger partial charge in [-0.15, -0.1) is 0 Å². The Morgan fingerprint density at radius 2 is 1.93 bits per heavy atom. The van der Waals surface area contributed by atoms with Crippen molar-refractivity contribution >= 4 is 21.5 Å². The van der Waals surface area contributed by atoms with Crippen molar-refractivity contribution in [1.82, 2.24) is 9.88 Å². The van der Waals surface area contributed by atoms with Crippen LogP contribution in [0, 0.1) is 11.6 Å². The molecule has 0 spiro atoms. The average Bonchev–Trinajstić information content (AvgIpc) is 2.66. The maximum Gasteiger partial charge on any atom is 0.263 e. The van der Waals surface area contributed by atoms with Crippen LogP contribution in [0.5, 0.6) is 0 Å². The van der Waals surface area contributed by atoms with E-state index in [9.17, 15) is 17.2 Å². The van der Waals surface area contributed by atoms with Gasteiger partial charge in [0.2, 0.25) is 0 Å². The summed E-state index contributed by atoms with van der Waals surface area (Å²) in [6.07, 6.45) is 3.17. The van der Waals surface area contributed by atoms with Crippen LogP contribution in [0.1, 0.15) is 19.8 Å². The van der Waals surface area contributed by atoms with Crippen LogP contribution in [0.2, 0.25) is 0 Å². The van der Waals surface area contributed by atoms with Crippen LogP contribution in [0.25, 0.3) is 0 Å². The lowest BCUT2D eigenvalue weighted by atomic mass is 10.0. The zero-order valence-corrected chi connectivity index (χ0v) is 17.0. The van der Waals surface area contributed by atoms with Crippen LogP contribution in [-0.4, -0.2) is 44.0 Å². The molecule has 0 saturated carbocycles. The third kappa shape index (κ3) is 5.74. The Hall–Kier alpha value is -2.52. The van der Waals surface area contributed by atoms with Crippen molar-refractivity contribution in [3.8, 4) is 0 Å². The number of likely N-dealkylation sites (tertiary alicyclic amines) is 1. The van der Waals surface area contributed by atoms with Crippen molar-refractivity contribution in [2.75, 3.05) is 29.7 Å². The van der Waals surface area contributed by atoms with Gasteiger partial charge in [0.05, 0.1) is 5.69 Å². The van der Waals surface area contributed by atoms with Crippen molar-refractivity contribution in [3.05, 3.63) is 60.3 Å². The van der Waals surface area contributed by atoms with Crippen LogP contribution >= 0.6 is 0 Å². The Bertz CT molecular complexity index is 972. The Balaban J connectivity index is 1.59. The van der Waals surface area contributed by atoms with Gasteiger partial charge in [-0.25, -0.2) is 22.2 Å². The van der Waals surface area contributed by atoms with E-state index < -0.39 is 21.7 Å². The first-order valence-electron chi connectivity index (χ1n) is 9.30. The molecule has 156 valence electrons. The predicted octanol–water partition coefficient (Wildman–Crippen LogP) is 3.61. The van der Waals surface area contributed by atoms with E-state index in [1.54, 1.807) is 6.07 Å². The van der Waals surface area contributed by atoms with Gasteiger partial charge in [-0.1, -0.05) is 12.2 Å². The molecule has 0 amide bonds. The Kier molecular flexibility index (Phi) is 6.49. The lowest BCUT2D eigenvalue weighted by Gasteiger charge is -2.32. The smallest absolute Gasteiger partial charge is 0.263 e. The summed E-state index contributed by atoms with van der Waals surface area (Å²) in [7, 11) is -3.96. The van der Waals surface area contributed by atoms with E-state index in [2.05, 4.69) is 26.5 Å². The summed E-state index contributed by atoms with van der Waals surface area (Å²) in [4.78, 5) is 6.48. The molecule has 0 bridgehead atoms. The fraction of sp³-hybridized carbons (Fsp3) is 0.350. The van der Waals surface area contributed by atoms with Crippen LogP contribution in [-0.2, 0) is 10.0 Å². The third-order valence-corrected chi connectivity index (χ3v) is 6.02. The molecule has 2 aromatic rings. The van der Waals surface area contributed by atoms with Gasteiger partial charge < -0.3 is 5.32 Å². The fourth-order valence-corrected chi connectivity index (χ4v) is 4.22. The molecule has 1 aromatic heterocycles. The number of hydrogen-bond acceptors (Lipinski definition) is 5. The number of nitrogens with one attached hydrogen (secondary N) is 2. The van der Waals surface area contributed by atoms with Gasteiger partial charge in [0.15, 0.2) is 11.6 Å². The molecule has 0 radical (unpaired) electrons. The summed E-state index contributed by atoms with van der Waals surface area (Å²) < 4.78 is 53.3. The molecule has 9 heteroatoms. The molecule has 2 N–H and O–H groups in total. The largest absolute Gasteiger partial charge is 0.367 e. The van der Waals surface area contributed by atoms with E-state index >= 15 is 0 Å². The number of pyridine rings is 1. The average molecular weight is 423 g/mol. The number of piperidine rings is 1. The van der Waals surface area contributed by atoms with E-state index in [1.165, 1.54) is 12.3 Å². The minimum absolute atomic E-state index is 0.0624. The van der Waals surface area contributed by atoms with Gasteiger partial charge in [-0.3, -0.25) is 9.62 Å². The number of hydrogen-bond donors (Lipinski definition) is 2. The first-order chi connectivity index (χ1) is 13.7. The highest BCUT2D eigenvalue weighted by Crippen LogP contribution is 2.20. The standard InChI is InChI=1S/C20H24F2N4O2S/c1-14(2)13-26-9-7-15(8-10-26)24-20-6-4-17(12-23-20)29(27,28)25-16-3-5-18(21)19(22)11-16/h3-6,11-12,15,25H,1,7-10,13H2,2H3,(H,23,24). The molecule has 6 nitrogen and oxygen atoms in total. The summed E-state index contributed by atoms with van der Waals surface area (Å²) in [5.74, 6) is -1.58. The lowest BCUT2D eigenvalue weighted by Crippen LogP contribution is -2.39. The van der Waals surface area contributed by atoms with Crippen LogP contribution in [0.15, 0.2) is 53.6 Å². The molecule has 1 aliphatic rings. The number of rotatable bonds is 7. The highest BCUT2D eigenvalue weighted by Gasteiger charge is 2.20. The molecular formula is C20H24F2N4O2S. The van der Waals surface area contributed by atoms with E-state index in [-0.39, 0.29) is 16.6 Å². The first kappa shape index (κ1) is 21.2. The maximum atomic E-state index is 13.3. The van der Waals surface area contributed by atoms with E-state index in [4.69, 9.17) is 0 Å². The summed E-state index contributed by atoms with van der Waals surface area (Å²) in [6.45, 7) is 8.80. The minimum Gasteiger partial charge on any atom is -0.367 e. The number of benzene rings is 1. The highest BCUT2D eigenvalue weighted by molar-refractivity contribution is 7.92. The molecule has 0 aliphatic carbocycles. The molecule has 1 aliphatic heterocycles. The van der Waals surface area contributed by atoms with Crippen molar-refractivity contribution in [2.45, 2.75) is 30.7 Å². The zero-order valence-electron chi connectivity index (χ0n) is 16.2. The monoisotopic (exact) mass is 422 g/mol. The molecular weight excluding hydrogens is 398 g/mol. The second kappa shape index (κ2) is 8.87. The van der Waals surface area contributed by atoms with Crippen molar-refractivity contribution in [1.29, 1.82) is 0 Å². The van der Waals surface area contributed by atoms with Crippen LogP contribution in [0.4, 0.5) is 20.3 Å². The Labute approximate surface area is 169 Å². The van der Waals surface area contributed by atoms with Gasteiger partial charge in [0, 0.05) is 37.9 Å². The lowest BCUT2D eigenvalue weighted by molar-refractivity contribution is 0.235. The van der Waals surface area contributed by atoms with E-state index in [0.29, 0.717) is 5.82 Å². The Morgan fingerprint density at radius 3 is 2.52 bits per heavy atom. The molecule has 2 heterocycles. The molecule has 0 atom stereocenters. The van der Waals surface area contributed by atoms with Crippen molar-refractivity contribution in [2.24, 2.45) is 0 Å². The number of nitrogens with zero attached hydrogens (tertiary/aromatic N) is 2. The summed E-state index contributed by atoms with van der Waals surface area (Å²) in [5, 5.41) is 3.33. The number of anilines is 2. The van der Waals surface area contributed by atoms with Gasteiger partial charge >= 0.3 is 0 Å². The maximum absolute atomic E-state index is 13.3. The van der Waals surface area contributed by atoms with Crippen LogP contribution in [0.3, 0.4) is 0 Å². The molecule has 1 aromatic carbocycles. The second-order valence-corrected chi connectivity index (χ2v) is 8.95. The van der Waals surface area contributed by atoms with Crippen molar-refractivity contribution < 1.29 is 17.2 Å². The highest BCUT2D eigenvalue weighted by atomic mass is 32.2. The third-order valence-electron chi connectivity index (χ3n) is 4.65. The van der Waals surface area contributed by atoms with E-state index in [0.717, 1.165) is 56.2 Å². The fourth-order valence-electron chi connectivity index (χ4n) is 3.22. The Morgan fingerprint density at radius 1 is 1.21 bits per heavy atom. The zero-order chi connectivity index (χ0) is 21.0. The summed E-state index contributed by atoms with van der Waals surface area (Å²) in [6, 6.07) is 6.09. The predicted molar refractivity (Wildman–Crippen MR) is 109 cm³/mol. The van der Waals surface area contributed by atoms with Gasteiger partial charge in [-0.05, 0) is 44.0 Å². The second-order valence-electron chi connectivity index (χ2n) is 7.27. The number of aromatic nitrogens is 1. The minimum atomic E-state index is -3.96. The molecule has 1 saturated heterocycles. The molecule has 29 heavy (non-hydrogen) atoms. The van der Waals surface area contributed by atoms with E-state index in [1.807, 2.05) is 6.92 Å². The number of halogens is 2. The van der Waals surface area contributed by atoms with Gasteiger partial charge in [0.25, 0.3) is 10.0 Å². The van der Waals surface area contributed by atoms with Crippen LogP contribution < -0.4 is 10.0 Å². The summed E-state index contributed by atoms with van der Waals surface area (Å²) >= 11 is 0. The van der Waals surface area contributed by atoms with Crippen molar-refractivity contribution in [3.63, 3.8) is 0 Å². The normalized spacial score (nSPS) is 15.8.